The van der Waals surface area contributed by atoms with E-state index in [0.29, 0.717) is 17.0 Å². The molecule has 9 heteroatoms. The fourth-order valence-corrected chi connectivity index (χ4v) is 4.71. The average molecular weight is 497 g/mol. The SMILES string of the molecule is COc1ccc(NS(=O)(=O)c2cc(NC(=O)CCC(=O)c3cc(C)ccc3C)ccc2OC)cc1. The molecule has 0 fully saturated rings. The molecule has 0 atom stereocenters. The summed E-state index contributed by atoms with van der Waals surface area (Å²) in [6.07, 6.45) is 0.000881. The van der Waals surface area contributed by atoms with Crippen molar-refractivity contribution in [1.82, 2.24) is 0 Å². The van der Waals surface area contributed by atoms with Crippen molar-refractivity contribution in [3.8, 4) is 11.5 Å². The lowest BCUT2D eigenvalue weighted by atomic mass is 9.99. The number of sulfonamides is 1. The number of ketones is 1. The van der Waals surface area contributed by atoms with Crippen LogP contribution in [0.25, 0.3) is 0 Å². The zero-order valence-corrected chi connectivity index (χ0v) is 20.9. The molecule has 0 aliphatic carbocycles. The van der Waals surface area contributed by atoms with Gasteiger partial charge in [0.05, 0.1) is 14.2 Å². The Kier molecular flexibility index (Phi) is 8.14. The molecular weight excluding hydrogens is 468 g/mol. The minimum absolute atomic E-state index is 0.0373. The minimum Gasteiger partial charge on any atom is -0.497 e. The Morgan fingerprint density at radius 3 is 2.17 bits per heavy atom. The van der Waals surface area contributed by atoms with Gasteiger partial charge in [-0.1, -0.05) is 17.7 Å². The molecule has 184 valence electrons. The van der Waals surface area contributed by atoms with E-state index < -0.39 is 15.9 Å². The Bertz CT molecular complexity index is 1330. The summed E-state index contributed by atoms with van der Waals surface area (Å²) in [6.45, 7) is 3.76. The van der Waals surface area contributed by atoms with E-state index in [1.165, 1.54) is 32.4 Å². The molecule has 3 aromatic carbocycles. The highest BCUT2D eigenvalue weighted by atomic mass is 32.2. The number of carbonyl (C=O) groups is 2. The molecule has 0 bridgehead atoms. The number of ether oxygens (including phenoxy) is 2. The highest BCUT2D eigenvalue weighted by Gasteiger charge is 2.21. The molecule has 0 aromatic heterocycles. The van der Waals surface area contributed by atoms with Crippen LogP contribution in [0.15, 0.2) is 65.6 Å². The number of rotatable bonds is 10. The smallest absolute Gasteiger partial charge is 0.265 e. The summed E-state index contributed by atoms with van der Waals surface area (Å²) < 4.78 is 38.8. The second-order valence-electron chi connectivity index (χ2n) is 7.99. The summed E-state index contributed by atoms with van der Waals surface area (Å²) in [5.74, 6) is 0.184. The summed E-state index contributed by atoms with van der Waals surface area (Å²) >= 11 is 0. The van der Waals surface area contributed by atoms with E-state index in [1.54, 1.807) is 24.3 Å². The Morgan fingerprint density at radius 2 is 1.51 bits per heavy atom. The zero-order chi connectivity index (χ0) is 25.6. The molecule has 0 aliphatic rings. The lowest BCUT2D eigenvalue weighted by Crippen LogP contribution is -2.16. The lowest BCUT2D eigenvalue weighted by Gasteiger charge is -2.14. The molecule has 0 saturated carbocycles. The van der Waals surface area contributed by atoms with Gasteiger partial charge in [0.1, 0.15) is 16.4 Å². The van der Waals surface area contributed by atoms with E-state index in [-0.39, 0.29) is 35.0 Å². The highest BCUT2D eigenvalue weighted by Crippen LogP contribution is 2.29. The second kappa shape index (κ2) is 11.1. The molecular formula is C26H28N2O6S. The van der Waals surface area contributed by atoms with E-state index in [1.807, 2.05) is 32.0 Å². The first-order valence-corrected chi connectivity index (χ1v) is 12.4. The third-order valence-corrected chi connectivity index (χ3v) is 6.75. The van der Waals surface area contributed by atoms with Gasteiger partial charge in [0.2, 0.25) is 5.91 Å². The number of methoxy groups -OCH3 is 2. The van der Waals surface area contributed by atoms with Crippen molar-refractivity contribution in [2.75, 3.05) is 24.3 Å². The van der Waals surface area contributed by atoms with Gasteiger partial charge in [0, 0.05) is 29.8 Å². The molecule has 0 saturated heterocycles. The van der Waals surface area contributed by atoms with E-state index in [0.717, 1.165) is 11.1 Å². The molecule has 0 spiro atoms. The molecule has 8 nitrogen and oxygen atoms in total. The van der Waals surface area contributed by atoms with Crippen LogP contribution in [0.4, 0.5) is 11.4 Å². The summed E-state index contributed by atoms with van der Waals surface area (Å²) in [7, 11) is -1.15. The van der Waals surface area contributed by atoms with Crippen LogP contribution < -0.4 is 19.5 Å². The first-order valence-electron chi connectivity index (χ1n) is 10.9. The molecule has 0 unspecified atom stereocenters. The third kappa shape index (κ3) is 6.60. The Morgan fingerprint density at radius 1 is 0.829 bits per heavy atom. The third-order valence-electron chi connectivity index (χ3n) is 5.35. The Labute approximate surface area is 205 Å². The van der Waals surface area contributed by atoms with Crippen LogP contribution in [-0.4, -0.2) is 34.3 Å². The van der Waals surface area contributed by atoms with Crippen LogP contribution in [0.3, 0.4) is 0 Å². The predicted octanol–water partition coefficient (Wildman–Crippen LogP) is 4.72. The summed E-state index contributed by atoms with van der Waals surface area (Å²) in [4.78, 5) is 24.9. The van der Waals surface area contributed by atoms with Crippen molar-refractivity contribution in [2.45, 2.75) is 31.6 Å². The first-order chi connectivity index (χ1) is 16.6. The van der Waals surface area contributed by atoms with Gasteiger partial charge in [0.25, 0.3) is 10.0 Å². The van der Waals surface area contributed by atoms with Crippen molar-refractivity contribution in [3.63, 3.8) is 0 Å². The van der Waals surface area contributed by atoms with Gasteiger partial charge in [-0.15, -0.1) is 0 Å². The van der Waals surface area contributed by atoms with Crippen molar-refractivity contribution in [3.05, 3.63) is 77.4 Å². The van der Waals surface area contributed by atoms with E-state index in [4.69, 9.17) is 9.47 Å². The number of benzene rings is 3. The normalized spacial score (nSPS) is 11.0. The molecule has 0 aliphatic heterocycles. The molecule has 0 heterocycles. The number of nitrogens with one attached hydrogen (secondary N) is 2. The minimum atomic E-state index is -4.03. The Balaban J connectivity index is 1.72. The number of Topliss-reactive ketones (excluding diaryl/α,β-unsaturated/α-hetero) is 1. The van der Waals surface area contributed by atoms with Gasteiger partial charge < -0.3 is 14.8 Å². The van der Waals surface area contributed by atoms with E-state index >= 15 is 0 Å². The fourth-order valence-electron chi connectivity index (χ4n) is 3.46. The van der Waals surface area contributed by atoms with Crippen molar-refractivity contribution in [2.24, 2.45) is 0 Å². The molecule has 3 rings (SSSR count). The summed E-state index contributed by atoms with van der Waals surface area (Å²) in [5.41, 5.74) is 3.03. The van der Waals surface area contributed by atoms with Gasteiger partial charge in [-0.3, -0.25) is 14.3 Å². The molecule has 2 N–H and O–H groups in total. The summed E-state index contributed by atoms with van der Waals surface area (Å²) in [5, 5.41) is 2.66. The number of hydrogen-bond acceptors (Lipinski definition) is 6. The number of hydrogen-bond donors (Lipinski definition) is 2. The fraction of sp³-hybridized carbons (Fsp3) is 0.231. The molecule has 1 amide bonds. The standard InChI is InChI=1S/C26H28N2O6S/c1-17-5-6-18(2)22(15-17)23(29)12-14-26(30)27-20-9-13-24(34-4)25(16-20)35(31,32)28-19-7-10-21(33-3)11-8-19/h5-11,13,15-16,28H,12,14H2,1-4H3,(H,27,30). The van der Waals surface area contributed by atoms with Gasteiger partial charge >= 0.3 is 0 Å². The first kappa shape index (κ1) is 25.8. The van der Waals surface area contributed by atoms with Crippen LogP contribution in [0.1, 0.15) is 34.3 Å². The van der Waals surface area contributed by atoms with E-state index in [2.05, 4.69) is 10.0 Å². The maximum absolute atomic E-state index is 13.0. The van der Waals surface area contributed by atoms with Gasteiger partial charge in [0.15, 0.2) is 5.78 Å². The largest absolute Gasteiger partial charge is 0.497 e. The molecule has 3 aromatic rings. The van der Waals surface area contributed by atoms with Crippen molar-refractivity contribution in [1.29, 1.82) is 0 Å². The van der Waals surface area contributed by atoms with Gasteiger partial charge in [-0.2, -0.15) is 0 Å². The maximum Gasteiger partial charge on any atom is 0.265 e. The van der Waals surface area contributed by atoms with Crippen molar-refractivity contribution >= 4 is 33.1 Å². The van der Waals surface area contributed by atoms with Crippen LogP contribution in [-0.2, 0) is 14.8 Å². The van der Waals surface area contributed by atoms with Crippen LogP contribution >= 0.6 is 0 Å². The number of amides is 1. The maximum atomic E-state index is 13.0. The number of carbonyl (C=O) groups excluding carboxylic acids is 2. The van der Waals surface area contributed by atoms with Crippen LogP contribution in [0.2, 0.25) is 0 Å². The molecule has 0 radical (unpaired) electrons. The number of anilines is 2. The monoisotopic (exact) mass is 496 g/mol. The van der Waals surface area contributed by atoms with Crippen LogP contribution in [0, 0.1) is 13.8 Å². The van der Waals surface area contributed by atoms with Crippen LogP contribution in [0.5, 0.6) is 11.5 Å². The quantitative estimate of drug-likeness (QED) is 0.393. The van der Waals surface area contributed by atoms with Gasteiger partial charge in [-0.05, 0) is 67.9 Å². The topological polar surface area (TPSA) is 111 Å². The van der Waals surface area contributed by atoms with Gasteiger partial charge in [-0.25, -0.2) is 8.42 Å². The second-order valence-corrected chi connectivity index (χ2v) is 9.64. The number of aryl methyl sites for hydroxylation is 2. The Hall–Kier alpha value is -3.85. The summed E-state index contributed by atoms with van der Waals surface area (Å²) in [6, 6.07) is 16.3. The lowest BCUT2D eigenvalue weighted by molar-refractivity contribution is -0.116. The molecule has 35 heavy (non-hydrogen) atoms. The van der Waals surface area contributed by atoms with Crippen molar-refractivity contribution < 1.29 is 27.5 Å². The zero-order valence-electron chi connectivity index (χ0n) is 20.0. The predicted molar refractivity (Wildman–Crippen MR) is 135 cm³/mol. The average Bonchev–Trinajstić information content (AvgIpc) is 2.84. The highest BCUT2D eigenvalue weighted by molar-refractivity contribution is 7.92. The van der Waals surface area contributed by atoms with E-state index in [9.17, 15) is 18.0 Å².